The van der Waals surface area contributed by atoms with Crippen molar-refractivity contribution in [2.24, 2.45) is 0 Å². The molecule has 154 valence electrons. The second-order valence-electron chi connectivity index (χ2n) is 6.88. The molecule has 0 aliphatic carbocycles. The second-order valence-corrected chi connectivity index (χ2v) is 7.79. The zero-order valence-corrected chi connectivity index (χ0v) is 17.6. The number of fused-ring (bicyclic) bond motifs is 1. The number of halogens is 2. The van der Waals surface area contributed by atoms with E-state index in [-0.39, 0.29) is 18.3 Å². The van der Waals surface area contributed by atoms with Crippen molar-refractivity contribution in [3.8, 4) is 5.75 Å². The molecular weight excluding hydrogens is 455 g/mol. The van der Waals surface area contributed by atoms with Gasteiger partial charge in [0.25, 0.3) is 5.91 Å². The van der Waals surface area contributed by atoms with Gasteiger partial charge in [0.2, 0.25) is 0 Å². The van der Waals surface area contributed by atoms with Crippen LogP contribution in [-0.2, 0) is 11.2 Å². The van der Waals surface area contributed by atoms with Crippen molar-refractivity contribution < 1.29 is 18.7 Å². The van der Waals surface area contributed by atoms with E-state index in [0.717, 1.165) is 14.7 Å². The van der Waals surface area contributed by atoms with E-state index in [4.69, 9.17) is 4.74 Å². The van der Waals surface area contributed by atoms with Crippen molar-refractivity contribution in [2.45, 2.75) is 12.5 Å². The topological polar surface area (TPSA) is 76.5 Å². The molecule has 1 atom stereocenters. The van der Waals surface area contributed by atoms with Crippen molar-refractivity contribution in [1.82, 2.24) is 15.1 Å². The number of benzene rings is 2. The Kier molecular flexibility index (Phi) is 5.54. The summed E-state index contributed by atoms with van der Waals surface area (Å²) in [7, 11) is 1.64. The molecule has 0 spiro atoms. The van der Waals surface area contributed by atoms with Crippen LogP contribution in [0.5, 0.6) is 5.75 Å². The molecule has 9 heteroatoms. The van der Waals surface area contributed by atoms with Gasteiger partial charge in [-0.15, -0.1) is 0 Å². The summed E-state index contributed by atoms with van der Waals surface area (Å²) in [6.07, 6.45) is 1.98. The van der Waals surface area contributed by atoms with Gasteiger partial charge in [0.05, 0.1) is 11.4 Å². The summed E-state index contributed by atoms with van der Waals surface area (Å²) in [5.74, 6) is -0.0382. The van der Waals surface area contributed by atoms with Crippen molar-refractivity contribution in [3.05, 3.63) is 76.3 Å². The Morgan fingerprint density at radius 3 is 2.80 bits per heavy atom. The molecule has 4 rings (SSSR count). The Hall–Kier alpha value is -3.20. The van der Waals surface area contributed by atoms with Gasteiger partial charge in [0.15, 0.2) is 0 Å². The van der Waals surface area contributed by atoms with Crippen LogP contribution in [0.3, 0.4) is 0 Å². The van der Waals surface area contributed by atoms with Crippen molar-refractivity contribution in [1.29, 1.82) is 0 Å². The van der Waals surface area contributed by atoms with Crippen LogP contribution in [0, 0.1) is 5.82 Å². The average Bonchev–Trinajstić information content (AvgIpc) is 3.17. The second kappa shape index (κ2) is 8.27. The first-order valence-corrected chi connectivity index (χ1v) is 10.00. The molecule has 0 bridgehead atoms. The maximum Gasteiger partial charge on any atom is 0.342 e. The summed E-state index contributed by atoms with van der Waals surface area (Å²) in [4.78, 5) is 26.9. The van der Waals surface area contributed by atoms with Gasteiger partial charge >= 0.3 is 6.03 Å². The standard InChI is InChI=1S/C21H18BrFN4O3/c1-26-18-11-14(22)4-7-19(18)30-12-17(20(26)28)24-21(29)27-9-8-16(25-27)10-13-2-5-15(23)6-3-13/h2-9,11,17H,10,12H2,1H3,(H,24,29)/t17-/m1/s1. The van der Waals surface area contributed by atoms with E-state index in [0.29, 0.717) is 23.6 Å². The number of nitrogens with one attached hydrogen (secondary N) is 1. The third-order valence-electron chi connectivity index (χ3n) is 4.77. The van der Waals surface area contributed by atoms with E-state index in [1.54, 1.807) is 37.4 Å². The van der Waals surface area contributed by atoms with E-state index in [1.807, 2.05) is 6.07 Å². The Morgan fingerprint density at radius 1 is 1.27 bits per heavy atom. The lowest BCUT2D eigenvalue weighted by molar-refractivity contribution is -0.120. The molecule has 2 amide bonds. The Bertz CT molecular complexity index is 1100. The molecule has 2 aromatic carbocycles. The van der Waals surface area contributed by atoms with E-state index < -0.39 is 12.1 Å². The highest BCUT2D eigenvalue weighted by Crippen LogP contribution is 2.33. The van der Waals surface area contributed by atoms with Crippen molar-refractivity contribution in [3.63, 3.8) is 0 Å². The molecule has 0 unspecified atom stereocenters. The average molecular weight is 473 g/mol. The molecule has 0 saturated heterocycles. The summed E-state index contributed by atoms with van der Waals surface area (Å²) in [6.45, 7) is 0.00719. The SMILES string of the molecule is CN1C(=O)[C@H](NC(=O)n2ccc(Cc3ccc(F)cc3)n2)COc2ccc(Br)cc21. The predicted octanol–water partition coefficient (Wildman–Crippen LogP) is 3.36. The highest BCUT2D eigenvalue weighted by Gasteiger charge is 2.31. The van der Waals surface area contributed by atoms with Crippen molar-refractivity contribution >= 4 is 33.6 Å². The minimum atomic E-state index is -0.863. The number of rotatable bonds is 3. The number of hydrogen-bond donors (Lipinski definition) is 1. The van der Waals surface area contributed by atoms with Crippen LogP contribution in [0.2, 0.25) is 0 Å². The molecule has 0 radical (unpaired) electrons. The minimum Gasteiger partial charge on any atom is -0.489 e. The molecule has 1 N–H and O–H groups in total. The Balaban J connectivity index is 1.44. The molecule has 30 heavy (non-hydrogen) atoms. The summed E-state index contributed by atoms with van der Waals surface area (Å²) in [6, 6.07) is 11.8. The highest BCUT2D eigenvalue weighted by molar-refractivity contribution is 9.10. The van der Waals surface area contributed by atoms with Gasteiger partial charge in [-0.25, -0.2) is 9.18 Å². The maximum absolute atomic E-state index is 13.0. The van der Waals surface area contributed by atoms with E-state index in [2.05, 4.69) is 26.3 Å². The van der Waals surface area contributed by atoms with Gasteiger partial charge in [0, 0.05) is 24.1 Å². The molecule has 0 saturated carbocycles. The number of anilines is 1. The summed E-state index contributed by atoms with van der Waals surface area (Å²) >= 11 is 3.39. The predicted molar refractivity (Wildman–Crippen MR) is 112 cm³/mol. The number of carbonyl (C=O) groups excluding carboxylic acids is 2. The van der Waals surface area contributed by atoms with Gasteiger partial charge < -0.3 is 15.0 Å². The first kappa shape index (κ1) is 20.1. The number of aromatic nitrogens is 2. The smallest absolute Gasteiger partial charge is 0.342 e. The van der Waals surface area contributed by atoms with Gasteiger partial charge in [-0.05, 0) is 42.0 Å². The summed E-state index contributed by atoms with van der Waals surface area (Å²) in [5, 5.41) is 6.92. The van der Waals surface area contributed by atoms with Crippen LogP contribution < -0.4 is 15.0 Å². The molecule has 1 aliphatic heterocycles. The number of likely N-dealkylation sites (N-methyl/N-ethyl adjacent to an activating group) is 1. The molecule has 3 aromatic rings. The maximum atomic E-state index is 13.0. The fourth-order valence-corrected chi connectivity index (χ4v) is 3.52. The zero-order chi connectivity index (χ0) is 21.3. The molecule has 7 nitrogen and oxygen atoms in total. The molecule has 0 fully saturated rings. The van der Waals surface area contributed by atoms with Crippen molar-refractivity contribution in [2.75, 3.05) is 18.6 Å². The van der Waals surface area contributed by atoms with Gasteiger partial charge in [0.1, 0.15) is 24.2 Å². The summed E-state index contributed by atoms with van der Waals surface area (Å²) < 4.78 is 20.7. The number of hydrogen-bond acceptors (Lipinski definition) is 4. The lowest BCUT2D eigenvalue weighted by Gasteiger charge is -2.20. The van der Waals surface area contributed by atoms with E-state index >= 15 is 0 Å². The third kappa shape index (κ3) is 4.20. The fraction of sp³-hybridized carbons (Fsp3) is 0.190. The monoisotopic (exact) mass is 472 g/mol. The van der Waals surface area contributed by atoms with Crippen LogP contribution in [0.4, 0.5) is 14.9 Å². The number of amides is 2. The molecule has 1 aromatic heterocycles. The Morgan fingerprint density at radius 2 is 2.03 bits per heavy atom. The normalized spacial score (nSPS) is 15.9. The van der Waals surface area contributed by atoms with Crippen LogP contribution in [0.25, 0.3) is 0 Å². The quantitative estimate of drug-likeness (QED) is 0.633. The zero-order valence-electron chi connectivity index (χ0n) is 16.0. The van der Waals surface area contributed by atoms with Crippen LogP contribution in [-0.4, -0.2) is 41.4 Å². The first-order valence-electron chi connectivity index (χ1n) is 9.20. The molecule has 2 heterocycles. The lowest BCUT2D eigenvalue weighted by atomic mass is 10.1. The lowest BCUT2D eigenvalue weighted by Crippen LogP contribution is -2.50. The largest absolute Gasteiger partial charge is 0.489 e. The summed E-state index contributed by atoms with van der Waals surface area (Å²) in [5.41, 5.74) is 2.14. The third-order valence-corrected chi connectivity index (χ3v) is 5.26. The van der Waals surface area contributed by atoms with E-state index in [1.165, 1.54) is 23.2 Å². The Labute approximate surface area is 180 Å². The number of carbonyl (C=O) groups is 2. The molecular formula is C21H18BrFN4O3. The van der Waals surface area contributed by atoms with Crippen LogP contribution in [0.1, 0.15) is 11.3 Å². The number of ether oxygens (including phenoxy) is 1. The first-order chi connectivity index (χ1) is 14.4. The van der Waals surface area contributed by atoms with Crippen LogP contribution in [0.15, 0.2) is 59.2 Å². The van der Waals surface area contributed by atoms with Crippen LogP contribution >= 0.6 is 15.9 Å². The highest BCUT2D eigenvalue weighted by atomic mass is 79.9. The van der Waals surface area contributed by atoms with Gasteiger partial charge in [-0.1, -0.05) is 28.1 Å². The van der Waals surface area contributed by atoms with E-state index in [9.17, 15) is 14.0 Å². The molecule has 1 aliphatic rings. The van der Waals surface area contributed by atoms with Gasteiger partial charge in [-0.2, -0.15) is 9.78 Å². The minimum absolute atomic E-state index is 0.00719. The fourth-order valence-electron chi connectivity index (χ4n) is 3.17. The number of nitrogens with zero attached hydrogens (tertiary/aromatic N) is 3. The van der Waals surface area contributed by atoms with Gasteiger partial charge in [-0.3, -0.25) is 4.79 Å².